The molecule has 0 radical (unpaired) electrons. The SMILES string of the molecule is C=C(C)C(=O)Oc1ccc(-c2ccc(OC(=O)c3ccc(OC(=O)C(=C)C)c(OC(=O)C(=C)C)c3)c(F)c2)cc1. The van der Waals surface area contributed by atoms with Gasteiger partial charge in [0.05, 0.1) is 5.56 Å². The van der Waals surface area contributed by atoms with Crippen molar-refractivity contribution in [1.82, 2.24) is 0 Å². The van der Waals surface area contributed by atoms with E-state index in [1.165, 1.54) is 45.0 Å². The molecule has 3 aromatic carbocycles. The van der Waals surface area contributed by atoms with Gasteiger partial charge in [0.15, 0.2) is 23.1 Å². The summed E-state index contributed by atoms with van der Waals surface area (Å²) in [5.74, 6) is -4.36. The Morgan fingerprint density at radius 3 is 1.62 bits per heavy atom. The average molecular weight is 545 g/mol. The van der Waals surface area contributed by atoms with Crippen LogP contribution < -0.4 is 18.9 Å². The van der Waals surface area contributed by atoms with Crippen LogP contribution in [0.5, 0.6) is 23.0 Å². The first-order chi connectivity index (χ1) is 18.8. The summed E-state index contributed by atoms with van der Waals surface area (Å²) < 4.78 is 35.6. The van der Waals surface area contributed by atoms with E-state index in [4.69, 9.17) is 18.9 Å². The third-order valence-electron chi connectivity index (χ3n) is 5.16. The van der Waals surface area contributed by atoms with Crippen LogP contribution in [-0.4, -0.2) is 23.9 Å². The van der Waals surface area contributed by atoms with Gasteiger partial charge in [-0.1, -0.05) is 37.9 Å². The minimum absolute atomic E-state index is 0.0647. The lowest BCUT2D eigenvalue weighted by molar-refractivity contribution is -0.132. The predicted molar refractivity (Wildman–Crippen MR) is 145 cm³/mol. The Morgan fingerprint density at radius 1 is 0.575 bits per heavy atom. The summed E-state index contributed by atoms with van der Waals surface area (Å²) in [7, 11) is 0. The lowest BCUT2D eigenvalue weighted by Crippen LogP contribution is -2.14. The molecule has 0 saturated carbocycles. The number of carbonyl (C=O) groups is 4. The van der Waals surface area contributed by atoms with Gasteiger partial charge in [0.25, 0.3) is 0 Å². The molecule has 0 heterocycles. The second-order valence-electron chi connectivity index (χ2n) is 8.73. The highest BCUT2D eigenvalue weighted by Gasteiger charge is 2.20. The van der Waals surface area contributed by atoms with Crippen molar-refractivity contribution in [3.05, 3.63) is 109 Å². The number of hydrogen-bond acceptors (Lipinski definition) is 8. The summed E-state index contributed by atoms with van der Waals surface area (Å²) >= 11 is 0. The largest absolute Gasteiger partial charge is 0.423 e. The number of ether oxygens (including phenoxy) is 4. The Morgan fingerprint density at radius 2 is 1.07 bits per heavy atom. The number of rotatable bonds is 9. The van der Waals surface area contributed by atoms with E-state index in [9.17, 15) is 23.6 Å². The highest BCUT2D eigenvalue weighted by atomic mass is 19.1. The molecule has 0 spiro atoms. The topological polar surface area (TPSA) is 105 Å². The van der Waals surface area contributed by atoms with Gasteiger partial charge in [-0.3, -0.25) is 0 Å². The van der Waals surface area contributed by atoms with Gasteiger partial charge in [0, 0.05) is 16.7 Å². The van der Waals surface area contributed by atoms with Crippen LogP contribution in [-0.2, 0) is 14.4 Å². The number of esters is 4. The van der Waals surface area contributed by atoms with Crippen LogP contribution in [0.2, 0.25) is 0 Å². The Kier molecular flexibility index (Phi) is 9.13. The van der Waals surface area contributed by atoms with Crippen molar-refractivity contribution in [1.29, 1.82) is 0 Å². The van der Waals surface area contributed by atoms with E-state index in [0.29, 0.717) is 16.9 Å². The molecule has 3 rings (SSSR count). The minimum Gasteiger partial charge on any atom is -0.423 e. The summed E-state index contributed by atoms with van der Waals surface area (Å²) in [5.41, 5.74) is 1.41. The number of hydrogen-bond donors (Lipinski definition) is 0. The summed E-state index contributed by atoms with van der Waals surface area (Å²) in [6, 6.07) is 14.0. The van der Waals surface area contributed by atoms with Crippen molar-refractivity contribution in [2.24, 2.45) is 0 Å². The van der Waals surface area contributed by atoms with E-state index in [1.807, 2.05) is 0 Å². The van der Waals surface area contributed by atoms with Gasteiger partial charge >= 0.3 is 23.9 Å². The van der Waals surface area contributed by atoms with Crippen molar-refractivity contribution < 1.29 is 42.5 Å². The molecule has 0 amide bonds. The van der Waals surface area contributed by atoms with Crippen LogP contribution in [0.25, 0.3) is 11.1 Å². The van der Waals surface area contributed by atoms with Gasteiger partial charge in [-0.05, 0) is 74.4 Å². The monoisotopic (exact) mass is 544 g/mol. The third kappa shape index (κ3) is 7.38. The van der Waals surface area contributed by atoms with Gasteiger partial charge in [0.1, 0.15) is 5.75 Å². The maximum atomic E-state index is 14.9. The van der Waals surface area contributed by atoms with Gasteiger partial charge in [-0.15, -0.1) is 0 Å². The van der Waals surface area contributed by atoms with Gasteiger partial charge in [-0.25, -0.2) is 23.6 Å². The second-order valence-corrected chi connectivity index (χ2v) is 8.73. The van der Waals surface area contributed by atoms with Crippen molar-refractivity contribution >= 4 is 23.9 Å². The molecule has 8 nitrogen and oxygen atoms in total. The summed E-state index contributed by atoms with van der Waals surface area (Å²) in [4.78, 5) is 48.5. The predicted octanol–water partition coefficient (Wildman–Crippen LogP) is 6.16. The molecule has 0 aromatic heterocycles. The van der Waals surface area contributed by atoms with E-state index < -0.39 is 29.7 Å². The second kappa shape index (κ2) is 12.5. The van der Waals surface area contributed by atoms with Crippen molar-refractivity contribution in [3.63, 3.8) is 0 Å². The molecule has 9 heteroatoms. The maximum absolute atomic E-state index is 14.9. The van der Waals surface area contributed by atoms with Crippen molar-refractivity contribution in [3.8, 4) is 34.1 Å². The minimum atomic E-state index is -0.958. The molecule has 0 N–H and O–H groups in total. The fraction of sp³-hybridized carbons (Fsp3) is 0.0968. The van der Waals surface area contributed by atoms with Crippen molar-refractivity contribution in [2.45, 2.75) is 20.8 Å². The highest BCUT2D eigenvalue weighted by Crippen LogP contribution is 2.32. The fourth-order valence-electron chi connectivity index (χ4n) is 3.00. The molecule has 0 unspecified atom stereocenters. The van der Waals surface area contributed by atoms with Crippen LogP contribution in [0.1, 0.15) is 31.1 Å². The molecule has 0 atom stereocenters. The Hall–Kier alpha value is -5.31. The molecule has 0 aliphatic carbocycles. The van der Waals surface area contributed by atoms with Gasteiger partial charge in [0.2, 0.25) is 0 Å². The molecule has 0 saturated heterocycles. The normalized spacial score (nSPS) is 10.2. The Bertz CT molecular complexity index is 1550. The number of halogens is 1. The summed E-state index contributed by atoms with van der Waals surface area (Å²) in [6.07, 6.45) is 0. The number of carbonyl (C=O) groups excluding carboxylic acids is 4. The first kappa shape index (κ1) is 29.2. The summed E-state index contributed by atoms with van der Waals surface area (Å²) in [5, 5.41) is 0. The van der Waals surface area contributed by atoms with Crippen LogP contribution in [0, 0.1) is 5.82 Å². The molecule has 204 valence electrons. The smallest absolute Gasteiger partial charge is 0.343 e. The molecular weight excluding hydrogens is 519 g/mol. The quantitative estimate of drug-likeness (QED) is 0.179. The highest BCUT2D eigenvalue weighted by molar-refractivity contribution is 5.94. The molecule has 0 fully saturated rings. The lowest BCUT2D eigenvalue weighted by Gasteiger charge is -2.12. The third-order valence-corrected chi connectivity index (χ3v) is 5.16. The van der Waals surface area contributed by atoms with E-state index >= 15 is 0 Å². The zero-order valence-corrected chi connectivity index (χ0v) is 22.0. The average Bonchev–Trinajstić information content (AvgIpc) is 2.90. The Labute approximate surface area is 229 Å². The van der Waals surface area contributed by atoms with E-state index in [0.717, 1.165) is 6.07 Å². The molecule has 0 aliphatic heterocycles. The van der Waals surface area contributed by atoms with Crippen LogP contribution in [0.3, 0.4) is 0 Å². The standard InChI is InChI=1S/C31H25FO8/c1-17(2)28(33)37-23-11-7-20(8-12-23)21-9-13-25(24(32)15-21)38-31(36)22-10-14-26(39-29(34)18(3)4)27(16-22)40-30(35)19(5)6/h7-16H,1,3,5H2,2,4,6H3. The van der Waals surface area contributed by atoms with Crippen LogP contribution in [0.15, 0.2) is 97.1 Å². The van der Waals surface area contributed by atoms with Crippen LogP contribution in [0.4, 0.5) is 4.39 Å². The fourth-order valence-corrected chi connectivity index (χ4v) is 3.00. The van der Waals surface area contributed by atoms with E-state index in [1.54, 1.807) is 30.3 Å². The van der Waals surface area contributed by atoms with Gasteiger partial charge < -0.3 is 18.9 Å². The molecular formula is C31H25FO8. The lowest BCUT2D eigenvalue weighted by atomic mass is 10.1. The Balaban J connectivity index is 1.80. The number of benzene rings is 3. The van der Waals surface area contributed by atoms with Gasteiger partial charge in [-0.2, -0.15) is 0 Å². The first-order valence-corrected chi connectivity index (χ1v) is 11.7. The molecule has 3 aromatic rings. The molecule has 0 bridgehead atoms. The molecule has 40 heavy (non-hydrogen) atoms. The van der Waals surface area contributed by atoms with Crippen LogP contribution >= 0.6 is 0 Å². The maximum Gasteiger partial charge on any atom is 0.343 e. The van der Waals surface area contributed by atoms with E-state index in [-0.39, 0.29) is 39.5 Å². The zero-order valence-electron chi connectivity index (χ0n) is 22.0. The van der Waals surface area contributed by atoms with Crippen molar-refractivity contribution in [2.75, 3.05) is 0 Å². The van der Waals surface area contributed by atoms with E-state index in [2.05, 4.69) is 19.7 Å². The molecule has 0 aliphatic rings. The zero-order chi connectivity index (χ0) is 29.6. The first-order valence-electron chi connectivity index (χ1n) is 11.7. The summed E-state index contributed by atoms with van der Waals surface area (Å²) in [6.45, 7) is 14.9.